The maximum Gasteiger partial charge on any atom is 0.221 e. The second-order valence-electron chi connectivity index (χ2n) is 4.51. The molecule has 0 bridgehead atoms. The van der Waals surface area contributed by atoms with Gasteiger partial charge in [0.25, 0.3) is 0 Å². The Morgan fingerprint density at radius 1 is 1.53 bits per heavy atom. The van der Waals surface area contributed by atoms with Crippen molar-refractivity contribution in [3.05, 3.63) is 36.0 Å². The van der Waals surface area contributed by atoms with Crippen LogP contribution in [-0.2, 0) is 4.74 Å². The van der Waals surface area contributed by atoms with Gasteiger partial charge in [-0.25, -0.2) is 4.98 Å². The van der Waals surface area contributed by atoms with Crippen LogP contribution in [0, 0.1) is 0 Å². The molecule has 0 fully saturated rings. The molecule has 0 N–H and O–H groups in total. The first-order chi connectivity index (χ1) is 8.02. The molecule has 2 heterocycles. The molecule has 1 aliphatic rings. The lowest BCUT2D eigenvalue weighted by molar-refractivity contribution is 0.151. The van der Waals surface area contributed by atoms with Gasteiger partial charge in [0.1, 0.15) is 11.4 Å². The van der Waals surface area contributed by atoms with Gasteiger partial charge in [-0.2, -0.15) is 0 Å². The normalized spacial score (nSPS) is 15.9. The summed E-state index contributed by atoms with van der Waals surface area (Å²) >= 11 is 0. The maximum absolute atomic E-state index is 5.75. The van der Waals surface area contributed by atoms with Crippen LogP contribution in [0.15, 0.2) is 24.9 Å². The van der Waals surface area contributed by atoms with Gasteiger partial charge in [-0.05, 0) is 39.0 Å². The van der Waals surface area contributed by atoms with Crippen LogP contribution in [0.5, 0.6) is 5.88 Å². The molecule has 0 spiro atoms. The van der Waals surface area contributed by atoms with Crippen LogP contribution in [0.2, 0.25) is 0 Å². The van der Waals surface area contributed by atoms with Crippen LogP contribution < -0.4 is 4.74 Å². The van der Waals surface area contributed by atoms with E-state index in [4.69, 9.17) is 9.47 Å². The minimum atomic E-state index is -0.293. The molecular formula is C14H17NO2. The Labute approximate surface area is 102 Å². The van der Waals surface area contributed by atoms with Gasteiger partial charge in [0.2, 0.25) is 5.88 Å². The fraction of sp³-hybridized carbons (Fsp3) is 0.357. The highest BCUT2D eigenvalue weighted by atomic mass is 16.5. The minimum Gasteiger partial charge on any atom is -0.494 e. The fourth-order valence-corrected chi connectivity index (χ4v) is 1.66. The molecule has 3 nitrogen and oxygen atoms in total. The predicted molar refractivity (Wildman–Crippen MR) is 68.6 cm³/mol. The highest BCUT2D eigenvalue weighted by Crippen LogP contribution is 2.30. The van der Waals surface area contributed by atoms with Gasteiger partial charge in [-0.3, -0.25) is 0 Å². The van der Waals surface area contributed by atoms with Crippen molar-refractivity contribution in [2.45, 2.75) is 26.4 Å². The Morgan fingerprint density at radius 3 is 3.00 bits per heavy atom. The Hall–Kier alpha value is -1.77. The number of rotatable bonds is 3. The first kappa shape index (κ1) is 11.7. The van der Waals surface area contributed by atoms with E-state index in [2.05, 4.69) is 11.6 Å². The lowest BCUT2D eigenvalue weighted by Gasteiger charge is -2.26. The standard InChI is InChI=1S/C14H17NO2/c1-5-16-10(2)12-8-11-6-7-14(3,4)17-13(11)15-9-12/h6-9H,2,5H2,1,3-4H3. The lowest BCUT2D eigenvalue weighted by atomic mass is 10.0. The van der Waals surface area contributed by atoms with E-state index in [1.807, 2.05) is 39.0 Å². The van der Waals surface area contributed by atoms with Crippen LogP contribution >= 0.6 is 0 Å². The molecule has 0 atom stereocenters. The van der Waals surface area contributed by atoms with Crippen LogP contribution in [0.25, 0.3) is 11.8 Å². The zero-order valence-electron chi connectivity index (χ0n) is 10.5. The smallest absolute Gasteiger partial charge is 0.221 e. The number of hydrogen-bond acceptors (Lipinski definition) is 3. The van der Waals surface area contributed by atoms with E-state index in [-0.39, 0.29) is 5.60 Å². The number of fused-ring (bicyclic) bond motifs is 1. The fourth-order valence-electron chi connectivity index (χ4n) is 1.66. The molecule has 1 aliphatic heterocycles. The zero-order valence-corrected chi connectivity index (χ0v) is 10.5. The molecule has 0 saturated carbocycles. The largest absolute Gasteiger partial charge is 0.494 e. The zero-order chi connectivity index (χ0) is 12.5. The molecule has 0 saturated heterocycles. The molecule has 1 aromatic heterocycles. The van der Waals surface area contributed by atoms with Crippen molar-refractivity contribution in [2.24, 2.45) is 0 Å². The Bertz CT molecular complexity index is 475. The van der Waals surface area contributed by atoms with E-state index in [1.54, 1.807) is 6.20 Å². The van der Waals surface area contributed by atoms with Crippen molar-refractivity contribution in [3.8, 4) is 5.88 Å². The quantitative estimate of drug-likeness (QED) is 0.748. The summed E-state index contributed by atoms with van der Waals surface area (Å²) < 4.78 is 11.1. The lowest BCUT2D eigenvalue weighted by Crippen LogP contribution is -2.28. The summed E-state index contributed by atoms with van der Waals surface area (Å²) in [7, 11) is 0. The molecule has 0 amide bonds. The molecular weight excluding hydrogens is 214 g/mol. The molecule has 3 heteroatoms. The van der Waals surface area contributed by atoms with Gasteiger partial charge < -0.3 is 9.47 Å². The van der Waals surface area contributed by atoms with E-state index in [1.165, 1.54) is 0 Å². The van der Waals surface area contributed by atoms with Gasteiger partial charge in [0, 0.05) is 17.3 Å². The number of hydrogen-bond donors (Lipinski definition) is 0. The minimum absolute atomic E-state index is 0.293. The Morgan fingerprint density at radius 2 is 2.29 bits per heavy atom. The average Bonchev–Trinajstić information content (AvgIpc) is 2.27. The van der Waals surface area contributed by atoms with Gasteiger partial charge in [-0.15, -0.1) is 0 Å². The molecule has 90 valence electrons. The third kappa shape index (κ3) is 2.49. The molecule has 0 aliphatic carbocycles. The van der Waals surface area contributed by atoms with E-state index in [0.29, 0.717) is 18.2 Å². The van der Waals surface area contributed by atoms with Gasteiger partial charge in [0.15, 0.2) is 0 Å². The SMILES string of the molecule is C=C(OCC)c1cnc2c(c1)C=CC(C)(C)O2. The molecule has 0 unspecified atom stereocenters. The summed E-state index contributed by atoms with van der Waals surface area (Å²) in [6.45, 7) is 10.4. The van der Waals surface area contributed by atoms with E-state index in [9.17, 15) is 0 Å². The molecule has 0 radical (unpaired) electrons. The first-order valence-electron chi connectivity index (χ1n) is 5.72. The van der Waals surface area contributed by atoms with E-state index in [0.717, 1.165) is 11.1 Å². The van der Waals surface area contributed by atoms with Crippen molar-refractivity contribution < 1.29 is 9.47 Å². The number of nitrogens with zero attached hydrogens (tertiary/aromatic N) is 1. The second-order valence-corrected chi connectivity index (χ2v) is 4.51. The van der Waals surface area contributed by atoms with Gasteiger partial charge in [0.05, 0.1) is 6.61 Å². The molecule has 17 heavy (non-hydrogen) atoms. The van der Waals surface area contributed by atoms with Crippen molar-refractivity contribution in [1.29, 1.82) is 0 Å². The molecule has 0 aromatic carbocycles. The van der Waals surface area contributed by atoms with E-state index < -0.39 is 0 Å². The highest BCUT2D eigenvalue weighted by Gasteiger charge is 2.22. The van der Waals surface area contributed by atoms with Crippen molar-refractivity contribution in [2.75, 3.05) is 6.61 Å². The van der Waals surface area contributed by atoms with Crippen LogP contribution in [0.1, 0.15) is 31.9 Å². The van der Waals surface area contributed by atoms with Crippen molar-refractivity contribution in [1.82, 2.24) is 4.98 Å². The van der Waals surface area contributed by atoms with Crippen LogP contribution in [-0.4, -0.2) is 17.2 Å². The van der Waals surface area contributed by atoms with Crippen LogP contribution in [0.4, 0.5) is 0 Å². The van der Waals surface area contributed by atoms with Crippen LogP contribution in [0.3, 0.4) is 0 Å². The summed E-state index contributed by atoms with van der Waals surface area (Å²) in [5, 5.41) is 0. The number of aromatic nitrogens is 1. The van der Waals surface area contributed by atoms with Crippen molar-refractivity contribution in [3.63, 3.8) is 0 Å². The predicted octanol–water partition coefficient (Wildman–Crippen LogP) is 3.27. The van der Waals surface area contributed by atoms with Gasteiger partial charge >= 0.3 is 0 Å². The monoisotopic (exact) mass is 231 g/mol. The second kappa shape index (κ2) is 4.24. The molecule has 1 aromatic rings. The average molecular weight is 231 g/mol. The molecule has 2 rings (SSSR count). The third-order valence-electron chi connectivity index (χ3n) is 2.54. The summed E-state index contributed by atoms with van der Waals surface area (Å²) in [6.07, 6.45) is 5.77. The summed E-state index contributed by atoms with van der Waals surface area (Å²) in [6, 6.07) is 1.98. The summed E-state index contributed by atoms with van der Waals surface area (Å²) in [5.41, 5.74) is 1.56. The van der Waals surface area contributed by atoms with Gasteiger partial charge in [-0.1, -0.05) is 6.58 Å². The maximum atomic E-state index is 5.75. The third-order valence-corrected chi connectivity index (χ3v) is 2.54. The highest BCUT2D eigenvalue weighted by molar-refractivity contribution is 5.65. The summed E-state index contributed by atoms with van der Waals surface area (Å²) in [5.74, 6) is 1.30. The Balaban J connectivity index is 2.30. The Kier molecular flexibility index (Phi) is 2.92. The first-order valence-corrected chi connectivity index (χ1v) is 5.72. The number of pyridine rings is 1. The summed E-state index contributed by atoms with van der Waals surface area (Å²) in [4.78, 5) is 4.30. The van der Waals surface area contributed by atoms with Crippen molar-refractivity contribution >= 4 is 11.8 Å². The van der Waals surface area contributed by atoms with E-state index >= 15 is 0 Å². The number of ether oxygens (including phenoxy) is 2. The topological polar surface area (TPSA) is 31.4 Å².